The SMILES string of the molecule is CCNC(CC(=O)OCC)C1CCC(C(C)(C)C)CC1. The van der Waals surface area contributed by atoms with Crippen molar-refractivity contribution in [1.29, 1.82) is 0 Å². The fourth-order valence-corrected chi connectivity index (χ4v) is 3.45. The van der Waals surface area contributed by atoms with Gasteiger partial charge in [0.05, 0.1) is 13.0 Å². The molecule has 0 aromatic rings. The smallest absolute Gasteiger partial charge is 0.307 e. The van der Waals surface area contributed by atoms with Crippen molar-refractivity contribution in [3.05, 3.63) is 0 Å². The molecule has 0 bridgehead atoms. The third-order valence-electron chi connectivity index (χ3n) is 4.72. The minimum Gasteiger partial charge on any atom is -0.466 e. The van der Waals surface area contributed by atoms with Crippen LogP contribution in [0.15, 0.2) is 0 Å². The van der Waals surface area contributed by atoms with Crippen molar-refractivity contribution < 1.29 is 9.53 Å². The number of carbonyl (C=O) groups excluding carboxylic acids is 1. The molecule has 1 unspecified atom stereocenters. The highest BCUT2D eigenvalue weighted by Crippen LogP contribution is 2.41. The van der Waals surface area contributed by atoms with E-state index in [4.69, 9.17) is 4.74 Å². The van der Waals surface area contributed by atoms with Crippen molar-refractivity contribution in [2.45, 2.75) is 72.8 Å². The molecule has 1 N–H and O–H groups in total. The Bertz CT molecular complexity index is 288. The first-order chi connectivity index (χ1) is 9.38. The van der Waals surface area contributed by atoms with E-state index in [1.807, 2.05) is 6.92 Å². The van der Waals surface area contributed by atoms with Crippen LogP contribution in [0.2, 0.25) is 0 Å². The summed E-state index contributed by atoms with van der Waals surface area (Å²) in [7, 11) is 0. The van der Waals surface area contributed by atoms with E-state index in [2.05, 4.69) is 33.0 Å². The van der Waals surface area contributed by atoms with Crippen LogP contribution in [-0.2, 0) is 9.53 Å². The fraction of sp³-hybridized carbons (Fsp3) is 0.941. The van der Waals surface area contributed by atoms with Crippen molar-refractivity contribution in [2.24, 2.45) is 17.3 Å². The maximum atomic E-state index is 11.7. The first-order valence-electron chi connectivity index (χ1n) is 8.27. The Hall–Kier alpha value is -0.570. The summed E-state index contributed by atoms with van der Waals surface area (Å²) in [4.78, 5) is 11.7. The van der Waals surface area contributed by atoms with Crippen molar-refractivity contribution in [1.82, 2.24) is 5.32 Å². The Morgan fingerprint density at radius 2 is 1.80 bits per heavy atom. The molecule has 3 nitrogen and oxygen atoms in total. The van der Waals surface area contributed by atoms with E-state index in [-0.39, 0.29) is 5.97 Å². The summed E-state index contributed by atoms with van der Waals surface area (Å²) >= 11 is 0. The molecule has 0 heterocycles. The predicted molar refractivity (Wildman–Crippen MR) is 83.6 cm³/mol. The van der Waals surface area contributed by atoms with Gasteiger partial charge in [0.25, 0.3) is 0 Å². The molecule has 1 aliphatic carbocycles. The van der Waals surface area contributed by atoms with E-state index < -0.39 is 0 Å². The highest BCUT2D eigenvalue weighted by atomic mass is 16.5. The van der Waals surface area contributed by atoms with E-state index in [0.717, 1.165) is 12.5 Å². The number of hydrogen-bond donors (Lipinski definition) is 1. The summed E-state index contributed by atoms with van der Waals surface area (Å²) in [6, 6.07) is 0.292. The highest BCUT2D eigenvalue weighted by Gasteiger charge is 2.33. The van der Waals surface area contributed by atoms with Crippen LogP contribution < -0.4 is 5.32 Å². The van der Waals surface area contributed by atoms with Crippen LogP contribution >= 0.6 is 0 Å². The Labute approximate surface area is 124 Å². The number of ether oxygens (including phenoxy) is 1. The molecule has 20 heavy (non-hydrogen) atoms. The van der Waals surface area contributed by atoms with Gasteiger partial charge in [0.2, 0.25) is 0 Å². The molecule has 1 atom stereocenters. The zero-order valence-corrected chi connectivity index (χ0v) is 14.0. The van der Waals surface area contributed by atoms with E-state index in [9.17, 15) is 4.79 Å². The molecule has 0 aromatic carbocycles. The molecule has 3 heteroatoms. The Kier molecular flexibility index (Phi) is 7.01. The topological polar surface area (TPSA) is 38.3 Å². The zero-order valence-electron chi connectivity index (χ0n) is 14.0. The second-order valence-electron chi connectivity index (χ2n) is 7.15. The maximum Gasteiger partial charge on any atom is 0.307 e. The fourth-order valence-electron chi connectivity index (χ4n) is 3.45. The van der Waals surface area contributed by atoms with Gasteiger partial charge in [-0.3, -0.25) is 4.79 Å². The minimum absolute atomic E-state index is 0.0589. The first kappa shape index (κ1) is 17.5. The van der Waals surface area contributed by atoms with Gasteiger partial charge in [-0.1, -0.05) is 27.7 Å². The number of esters is 1. The van der Waals surface area contributed by atoms with Crippen LogP contribution in [0.3, 0.4) is 0 Å². The average Bonchev–Trinajstić information content (AvgIpc) is 2.38. The highest BCUT2D eigenvalue weighted by molar-refractivity contribution is 5.70. The number of rotatable bonds is 6. The van der Waals surface area contributed by atoms with E-state index in [1.165, 1.54) is 25.7 Å². The molecular formula is C17H33NO2. The van der Waals surface area contributed by atoms with Crippen LogP contribution in [0, 0.1) is 17.3 Å². The summed E-state index contributed by atoms with van der Waals surface area (Å²) in [5, 5.41) is 3.49. The maximum absolute atomic E-state index is 11.7. The van der Waals surface area contributed by atoms with Crippen molar-refractivity contribution in [3.8, 4) is 0 Å². The van der Waals surface area contributed by atoms with Crippen LogP contribution in [0.5, 0.6) is 0 Å². The van der Waals surface area contributed by atoms with Crippen molar-refractivity contribution in [2.75, 3.05) is 13.2 Å². The zero-order chi connectivity index (χ0) is 15.2. The van der Waals surface area contributed by atoms with Crippen LogP contribution in [0.25, 0.3) is 0 Å². The lowest BCUT2D eigenvalue weighted by atomic mass is 9.68. The lowest BCUT2D eigenvalue weighted by Crippen LogP contribution is -2.41. The molecule has 0 aromatic heterocycles. The van der Waals surface area contributed by atoms with Gasteiger partial charge in [-0.2, -0.15) is 0 Å². The van der Waals surface area contributed by atoms with Crippen LogP contribution in [0.1, 0.15) is 66.7 Å². The first-order valence-corrected chi connectivity index (χ1v) is 8.27. The molecular weight excluding hydrogens is 250 g/mol. The summed E-state index contributed by atoms with van der Waals surface area (Å²) in [6.07, 6.45) is 5.57. The summed E-state index contributed by atoms with van der Waals surface area (Å²) < 4.78 is 5.11. The van der Waals surface area contributed by atoms with Crippen LogP contribution in [0.4, 0.5) is 0 Å². The number of nitrogens with one attached hydrogen (secondary N) is 1. The summed E-state index contributed by atoms with van der Waals surface area (Å²) in [6.45, 7) is 12.4. The minimum atomic E-state index is -0.0589. The van der Waals surface area contributed by atoms with Gasteiger partial charge in [0.1, 0.15) is 0 Å². The molecule has 1 fully saturated rings. The van der Waals surface area contributed by atoms with Gasteiger partial charge < -0.3 is 10.1 Å². The number of hydrogen-bond acceptors (Lipinski definition) is 3. The Balaban J connectivity index is 2.51. The molecule has 0 amide bonds. The van der Waals surface area contributed by atoms with Crippen molar-refractivity contribution in [3.63, 3.8) is 0 Å². The third kappa shape index (κ3) is 5.43. The molecule has 1 saturated carbocycles. The Morgan fingerprint density at radius 1 is 1.20 bits per heavy atom. The third-order valence-corrected chi connectivity index (χ3v) is 4.72. The lowest BCUT2D eigenvalue weighted by molar-refractivity contribution is -0.144. The molecule has 0 radical (unpaired) electrons. The van der Waals surface area contributed by atoms with E-state index in [0.29, 0.717) is 30.4 Å². The van der Waals surface area contributed by atoms with Gasteiger partial charge in [0, 0.05) is 6.04 Å². The molecule has 1 rings (SSSR count). The largest absolute Gasteiger partial charge is 0.466 e. The molecule has 1 aliphatic rings. The molecule has 0 aliphatic heterocycles. The standard InChI is InChI=1S/C17H33NO2/c1-6-18-15(12-16(19)20-7-2)13-8-10-14(11-9-13)17(3,4)5/h13-15,18H,6-12H2,1-5H3. The second kappa shape index (κ2) is 8.02. The van der Waals surface area contributed by atoms with Gasteiger partial charge in [-0.05, 0) is 56.4 Å². The normalized spacial score (nSPS) is 25.2. The van der Waals surface area contributed by atoms with Gasteiger partial charge >= 0.3 is 5.97 Å². The lowest BCUT2D eigenvalue weighted by Gasteiger charge is -2.39. The second-order valence-corrected chi connectivity index (χ2v) is 7.15. The van der Waals surface area contributed by atoms with Gasteiger partial charge in [-0.15, -0.1) is 0 Å². The summed E-state index contributed by atoms with van der Waals surface area (Å²) in [5.41, 5.74) is 0.416. The number of carbonyl (C=O) groups is 1. The van der Waals surface area contributed by atoms with Gasteiger partial charge in [-0.25, -0.2) is 0 Å². The van der Waals surface area contributed by atoms with Crippen molar-refractivity contribution >= 4 is 5.97 Å². The van der Waals surface area contributed by atoms with E-state index in [1.54, 1.807) is 0 Å². The Morgan fingerprint density at radius 3 is 2.25 bits per heavy atom. The van der Waals surface area contributed by atoms with Crippen LogP contribution in [-0.4, -0.2) is 25.2 Å². The quantitative estimate of drug-likeness (QED) is 0.754. The van der Waals surface area contributed by atoms with E-state index >= 15 is 0 Å². The molecule has 0 saturated heterocycles. The molecule has 118 valence electrons. The predicted octanol–water partition coefficient (Wildman–Crippen LogP) is 3.77. The summed E-state index contributed by atoms with van der Waals surface area (Å²) in [5.74, 6) is 1.39. The average molecular weight is 283 g/mol. The monoisotopic (exact) mass is 283 g/mol. The van der Waals surface area contributed by atoms with Gasteiger partial charge in [0.15, 0.2) is 0 Å². The molecule has 0 spiro atoms.